The van der Waals surface area contributed by atoms with Gasteiger partial charge in [-0.25, -0.2) is 0 Å². The van der Waals surface area contributed by atoms with E-state index in [0.717, 1.165) is 18.6 Å². The molecule has 0 spiro atoms. The van der Waals surface area contributed by atoms with Crippen LogP contribution < -0.4 is 4.74 Å². The molecule has 2 nitrogen and oxygen atoms in total. The van der Waals surface area contributed by atoms with Gasteiger partial charge in [-0.1, -0.05) is 59.7 Å². The summed E-state index contributed by atoms with van der Waals surface area (Å²) >= 11 is 0. The van der Waals surface area contributed by atoms with Crippen molar-refractivity contribution >= 4 is 0 Å². The molecule has 0 amide bonds. The first-order valence-electron chi connectivity index (χ1n) is 8.28. The first-order valence-corrected chi connectivity index (χ1v) is 8.28. The molecule has 1 saturated carbocycles. The lowest BCUT2D eigenvalue weighted by molar-refractivity contribution is -0.147. The number of hydrogen-bond acceptors (Lipinski definition) is 2. The van der Waals surface area contributed by atoms with Gasteiger partial charge in [0.2, 0.25) is 0 Å². The van der Waals surface area contributed by atoms with Crippen molar-refractivity contribution in [3.05, 3.63) is 29.3 Å². The number of aliphatic hydroxyl groups excluding tert-OH is 1. The molecule has 21 heavy (non-hydrogen) atoms. The molecule has 118 valence electrons. The first kappa shape index (κ1) is 16.4. The van der Waals surface area contributed by atoms with Gasteiger partial charge in [0.05, 0.1) is 6.10 Å². The fraction of sp³-hybridized carbons (Fsp3) is 0.684. The summed E-state index contributed by atoms with van der Waals surface area (Å²) in [5.41, 5.74) is 2.44. The maximum absolute atomic E-state index is 10.1. The van der Waals surface area contributed by atoms with Crippen LogP contribution in [-0.4, -0.2) is 17.3 Å². The van der Waals surface area contributed by atoms with Crippen LogP contribution in [0.1, 0.15) is 77.3 Å². The molecule has 0 bridgehead atoms. The van der Waals surface area contributed by atoms with Crippen molar-refractivity contribution in [2.24, 2.45) is 5.41 Å². The second-order valence-corrected chi connectivity index (χ2v) is 7.29. The second-order valence-electron chi connectivity index (χ2n) is 7.29. The van der Waals surface area contributed by atoms with E-state index in [1.807, 2.05) is 0 Å². The van der Waals surface area contributed by atoms with Gasteiger partial charge in [-0.2, -0.15) is 0 Å². The molecule has 0 saturated heterocycles. The number of ether oxygens (including phenoxy) is 1. The topological polar surface area (TPSA) is 29.5 Å². The normalized spacial score (nSPS) is 28.8. The monoisotopic (exact) mass is 290 g/mol. The summed E-state index contributed by atoms with van der Waals surface area (Å²) < 4.78 is 6.45. The van der Waals surface area contributed by atoms with E-state index in [1.165, 1.54) is 11.1 Å². The van der Waals surface area contributed by atoms with E-state index in [9.17, 15) is 5.11 Å². The lowest BCUT2D eigenvalue weighted by atomic mass is 9.63. The van der Waals surface area contributed by atoms with Crippen LogP contribution >= 0.6 is 0 Å². The van der Waals surface area contributed by atoms with Crippen LogP contribution in [0.3, 0.4) is 0 Å². The maximum atomic E-state index is 10.1. The number of benzene rings is 1. The van der Waals surface area contributed by atoms with Crippen molar-refractivity contribution in [1.82, 2.24) is 0 Å². The standard InChI is InChI=1S/C19H30O2/c1-7-19(6)16(20)11-17(19)21-18-14(12(2)3)9-8-10-15(18)13(4)5/h8-10,12-13,16-17,20H,7,11H2,1-6H3. The van der Waals surface area contributed by atoms with Crippen molar-refractivity contribution in [1.29, 1.82) is 0 Å². The van der Waals surface area contributed by atoms with Gasteiger partial charge >= 0.3 is 0 Å². The van der Waals surface area contributed by atoms with E-state index in [4.69, 9.17) is 4.74 Å². The molecule has 0 radical (unpaired) electrons. The van der Waals surface area contributed by atoms with Crippen molar-refractivity contribution in [2.75, 3.05) is 0 Å². The highest BCUT2D eigenvalue weighted by Crippen LogP contribution is 2.47. The summed E-state index contributed by atoms with van der Waals surface area (Å²) in [4.78, 5) is 0. The van der Waals surface area contributed by atoms with Gasteiger partial charge in [-0.3, -0.25) is 0 Å². The van der Waals surface area contributed by atoms with Crippen LogP contribution in [-0.2, 0) is 0 Å². The molecule has 1 N–H and O–H groups in total. The molecule has 1 fully saturated rings. The summed E-state index contributed by atoms with van der Waals surface area (Å²) in [6, 6.07) is 6.47. The Morgan fingerprint density at radius 1 is 1.19 bits per heavy atom. The minimum Gasteiger partial charge on any atom is -0.489 e. The summed E-state index contributed by atoms with van der Waals surface area (Å²) in [7, 11) is 0. The van der Waals surface area contributed by atoms with E-state index >= 15 is 0 Å². The molecular formula is C19H30O2. The van der Waals surface area contributed by atoms with Crippen LogP contribution in [0.5, 0.6) is 5.75 Å². The van der Waals surface area contributed by atoms with E-state index in [2.05, 4.69) is 59.7 Å². The average Bonchev–Trinajstić information content (AvgIpc) is 2.45. The average molecular weight is 290 g/mol. The maximum Gasteiger partial charge on any atom is 0.126 e. The smallest absolute Gasteiger partial charge is 0.126 e. The second kappa shape index (κ2) is 6.00. The highest BCUT2D eigenvalue weighted by Gasteiger charge is 2.51. The minimum absolute atomic E-state index is 0.113. The SMILES string of the molecule is CCC1(C)C(O)CC1Oc1c(C(C)C)cccc1C(C)C. The van der Waals surface area contributed by atoms with Crippen molar-refractivity contribution in [2.45, 2.75) is 78.4 Å². The fourth-order valence-corrected chi connectivity index (χ4v) is 3.20. The Morgan fingerprint density at radius 2 is 1.71 bits per heavy atom. The number of rotatable bonds is 5. The molecule has 0 aliphatic heterocycles. The van der Waals surface area contributed by atoms with E-state index < -0.39 is 0 Å². The minimum atomic E-state index is -0.235. The van der Waals surface area contributed by atoms with E-state index in [1.54, 1.807) is 0 Å². The lowest BCUT2D eigenvalue weighted by Crippen LogP contribution is -2.57. The van der Waals surface area contributed by atoms with Crippen molar-refractivity contribution in [3.63, 3.8) is 0 Å². The Morgan fingerprint density at radius 3 is 2.10 bits per heavy atom. The van der Waals surface area contributed by atoms with Crippen LogP contribution in [0.2, 0.25) is 0 Å². The van der Waals surface area contributed by atoms with Crippen molar-refractivity contribution in [3.8, 4) is 5.75 Å². The van der Waals surface area contributed by atoms with E-state index in [0.29, 0.717) is 11.8 Å². The first-order chi connectivity index (χ1) is 9.81. The molecular weight excluding hydrogens is 260 g/mol. The summed E-state index contributed by atoms with van der Waals surface area (Å²) in [6.07, 6.45) is 1.57. The number of hydrogen-bond donors (Lipinski definition) is 1. The van der Waals surface area contributed by atoms with Crippen LogP contribution in [0.4, 0.5) is 0 Å². The quantitative estimate of drug-likeness (QED) is 0.839. The van der Waals surface area contributed by atoms with Crippen molar-refractivity contribution < 1.29 is 9.84 Å². The van der Waals surface area contributed by atoms with Gasteiger partial charge in [-0.15, -0.1) is 0 Å². The zero-order valence-corrected chi connectivity index (χ0v) is 14.3. The zero-order valence-electron chi connectivity index (χ0n) is 14.3. The molecule has 1 aliphatic carbocycles. The predicted octanol–water partition coefficient (Wildman–Crippen LogP) is 4.86. The Hall–Kier alpha value is -1.02. The fourth-order valence-electron chi connectivity index (χ4n) is 3.20. The number of aliphatic hydroxyl groups is 1. The van der Waals surface area contributed by atoms with Gasteiger partial charge in [0, 0.05) is 11.8 Å². The number of para-hydroxylation sites is 1. The highest BCUT2D eigenvalue weighted by atomic mass is 16.5. The Kier molecular flexibility index (Phi) is 4.67. The molecule has 3 atom stereocenters. The van der Waals surface area contributed by atoms with Crippen LogP contribution in [0.15, 0.2) is 18.2 Å². The Labute approximate surface area is 129 Å². The largest absolute Gasteiger partial charge is 0.489 e. The summed E-state index contributed by atoms with van der Waals surface area (Å²) in [5.74, 6) is 1.94. The molecule has 1 aromatic carbocycles. The molecule has 1 aliphatic rings. The molecule has 2 heteroatoms. The van der Waals surface area contributed by atoms with Gasteiger partial charge < -0.3 is 9.84 Å². The lowest BCUT2D eigenvalue weighted by Gasteiger charge is -2.51. The van der Waals surface area contributed by atoms with E-state index in [-0.39, 0.29) is 17.6 Å². The Balaban J connectivity index is 2.35. The predicted molar refractivity (Wildman–Crippen MR) is 88.1 cm³/mol. The summed E-state index contributed by atoms with van der Waals surface area (Å²) in [5, 5.41) is 10.1. The third kappa shape index (κ3) is 2.83. The van der Waals surface area contributed by atoms with Crippen LogP contribution in [0.25, 0.3) is 0 Å². The molecule has 1 aromatic rings. The molecule has 0 aromatic heterocycles. The molecule has 3 unspecified atom stereocenters. The molecule has 0 heterocycles. The Bertz CT molecular complexity index is 466. The third-order valence-electron chi connectivity index (χ3n) is 5.28. The zero-order chi connectivity index (χ0) is 15.8. The van der Waals surface area contributed by atoms with Crippen LogP contribution in [0, 0.1) is 5.41 Å². The van der Waals surface area contributed by atoms with Gasteiger partial charge in [0.15, 0.2) is 0 Å². The third-order valence-corrected chi connectivity index (χ3v) is 5.28. The van der Waals surface area contributed by atoms with Gasteiger partial charge in [-0.05, 0) is 29.4 Å². The molecule has 2 rings (SSSR count). The highest BCUT2D eigenvalue weighted by molar-refractivity contribution is 5.45. The van der Waals surface area contributed by atoms with Gasteiger partial charge in [0.1, 0.15) is 11.9 Å². The van der Waals surface area contributed by atoms with Gasteiger partial charge in [0.25, 0.3) is 0 Å². The summed E-state index contributed by atoms with van der Waals surface area (Å²) in [6.45, 7) is 13.1.